The summed E-state index contributed by atoms with van der Waals surface area (Å²) >= 11 is 0. The second kappa shape index (κ2) is 2.09. The normalized spacial score (nSPS) is 45.5. The number of hydrogen-bond acceptors (Lipinski definition) is 1. The summed E-state index contributed by atoms with van der Waals surface area (Å²) in [5, 5.41) is 3.45. The predicted molar refractivity (Wildman–Crippen MR) is 42.8 cm³/mol. The minimum absolute atomic E-state index is 0.592. The predicted octanol–water partition coefficient (Wildman–Crippen LogP) is 1.56. The van der Waals surface area contributed by atoms with Crippen molar-refractivity contribution in [1.29, 1.82) is 0 Å². The number of nitrogens with one attached hydrogen (secondary N) is 1. The highest BCUT2D eigenvalue weighted by molar-refractivity contribution is 5.07. The minimum atomic E-state index is 0.592. The van der Waals surface area contributed by atoms with E-state index in [0.717, 1.165) is 5.92 Å². The highest BCUT2D eigenvalue weighted by Crippen LogP contribution is 2.39. The van der Waals surface area contributed by atoms with E-state index in [4.69, 9.17) is 0 Å². The fraction of sp³-hybridized carbons (Fsp3) is 0.778. The van der Waals surface area contributed by atoms with Crippen LogP contribution in [0.5, 0.6) is 0 Å². The van der Waals surface area contributed by atoms with Crippen molar-refractivity contribution in [2.75, 3.05) is 13.1 Å². The Morgan fingerprint density at radius 3 is 3.30 bits per heavy atom. The summed E-state index contributed by atoms with van der Waals surface area (Å²) in [5.41, 5.74) is 0.592. The summed E-state index contributed by atoms with van der Waals surface area (Å²) in [6.45, 7) is 4.83. The molecule has 1 aliphatic carbocycles. The Morgan fingerprint density at radius 2 is 2.50 bits per heavy atom. The molecule has 56 valence electrons. The molecule has 2 aliphatic rings. The summed E-state index contributed by atoms with van der Waals surface area (Å²) < 4.78 is 0. The third kappa shape index (κ3) is 0.807. The highest BCUT2D eigenvalue weighted by atomic mass is 14.9. The molecular weight excluding hydrogens is 122 g/mol. The number of rotatable bonds is 0. The first kappa shape index (κ1) is 6.41. The molecule has 0 spiro atoms. The Balaban J connectivity index is 2.22. The van der Waals surface area contributed by atoms with Gasteiger partial charge in [0.05, 0.1) is 0 Å². The van der Waals surface area contributed by atoms with Crippen LogP contribution in [0, 0.1) is 11.3 Å². The van der Waals surface area contributed by atoms with E-state index >= 15 is 0 Å². The van der Waals surface area contributed by atoms with Gasteiger partial charge in [0.15, 0.2) is 0 Å². The molecule has 0 radical (unpaired) electrons. The molecule has 1 N–H and O–H groups in total. The van der Waals surface area contributed by atoms with E-state index in [1.807, 2.05) is 0 Å². The fourth-order valence-electron chi connectivity index (χ4n) is 2.14. The van der Waals surface area contributed by atoms with Gasteiger partial charge in [-0.1, -0.05) is 19.1 Å². The minimum Gasteiger partial charge on any atom is -0.316 e. The maximum atomic E-state index is 3.45. The van der Waals surface area contributed by atoms with E-state index in [9.17, 15) is 0 Å². The van der Waals surface area contributed by atoms with Crippen molar-refractivity contribution in [2.45, 2.75) is 19.8 Å². The second-order valence-corrected chi connectivity index (χ2v) is 3.86. The molecule has 0 saturated carbocycles. The molecule has 1 saturated heterocycles. The summed E-state index contributed by atoms with van der Waals surface area (Å²) in [6.07, 6.45) is 7.39. The SMILES string of the molecule is CC12CCC=CC1CNC2. The molecule has 10 heavy (non-hydrogen) atoms. The quantitative estimate of drug-likeness (QED) is 0.500. The van der Waals surface area contributed by atoms with Crippen LogP contribution < -0.4 is 5.32 Å². The summed E-state index contributed by atoms with van der Waals surface area (Å²) in [7, 11) is 0. The molecule has 1 aliphatic heterocycles. The van der Waals surface area contributed by atoms with Crippen molar-refractivity contribution in [1.82, 2.24) is 5.32 Å². The van der Waals surface area contributed by atoms with Crippen LogP contribution in [0.1, 0.15) is 19.8 Å². The highest BCUT2D eigenvalue weighted by Gasteiger charge is 2.37. The number of allylic oxidation sites excluding steroid dienone is 1. The summed E-state index contributed by atoms with van der Waals surface area (Å²) in [6, 6.07) is 0. The van der Waals surface area contributed by atoms with Gasteiger partial charge in [-0.15, -0.1) is 0 Å². The van der Waals surface area contributed by atoms with Crippen LogP contribution in [-0.4, -0.2) is 13.1 Å². The monoisotopic (exact) mass is 137 g/mol. The van der Waals surface area contributed by atoms with E-state index in [1.54, 1.807) is 0 Å². The van der Waals surface area contributed by atoms with Crippen LogP contribution in [0.4, 0.5) is 0 Å². The lowest BCUT2D eigenvalue weighted by molar-refractivity contribution is 0.265. The summed E-state index contributed by atoms with van der Waals surface area (Å²) in [4.78, 5) is 0. The molecule has 0 aromatic carbocycles. The zero-order valence-electron chi connectivity index (χ0n) is 6.56. The first-order chi connectivity index (χ1) is 4.81. The average molecular weight is 137 g/mol. The first-order valence-electron chi connectivity index (χ1n) is 4.19. The van der Waals surface area contributed by atoms with Crippen molar-refractivity contribution in [3.8, 4) is 0 Å². The van der Waals surface area contributed by atoms with Crippen molar-refractivity contribution >= 4 is 0 Å². The topological polar surface area (TPSA) is 12.0 Å². The van der Waals surface area contributed by atoms with E-state index < -0.39 is 0 Å². The van der Waals surface area contributed by atoms with Gasteiger partial charge in [0.2, 0.25) is 0 Å². The van der Waals surface area contributed by atoms with Gasteiger partial charge >= 0.3 is 0 Å². The lowest BCUT2D eigenvalue weighted by atomic mass is 9.73. The number of fused-ring (bicyclic) bond motifs is 1. The Bertz CT molecular complexity index is 162. The first-order valence-corrected chi connectivity index (χ1v) is 4.19. The van der Waals surface area contributed by atoms with Crippen molar-refractivity contribution in [3.05, 3.63) is 12.2 Å². The van der Waals surface area contributed by atoms with Crippen LogP contribution in [0.15, 0.2) is 12.2 Å². The molecular formula is C9H15N. The average Bonchev–Trinajstić information content (AvgIpc) is 2.29. The maximum Gasteiger partial charge on any atom is 0.00201 e. The van der Waals surface area contributed by atoms with Crippen molar-refractivity contribution in [2.24, 2.45) is 11.3 Å². The zero-order valence-corrected chi connectivity index (χ0v) is 6.56. The standard InChI is InChI=1S/C9H15N/c1-9-5-3-2-4-8(9)6-10-7-9/h2,4,8,10H,3,5-7H2,1H3. The van der Waals surface area contributed by atoms with Gasteiger partial charge in [-0.2, -0.15) is 0 Å². The van der Waals surface area contributed by atoms with Gasteiger partial charge in [0.1, 0.15) is 0 Å². The molecule has 0 bridgehead atoms. The molecule has 0 aromatic heterocycles. The van der Waals surface area contributed by atoms with E-state index in [-0.39, 0.29) is 0 Å². The van der Waals surface area contributed by atoms with Crippen LogP contribution in [-0.2, 0) is 0 Å². The maximum absolute atomic E-state index is 3.45. The van der Waals surface area contributed by atoms with E-state index in [1.165, 1.54) is 25.9 Å². The third-order valence-corrected chi connectivity index (χ3v) is 3.04. The van der Waals surface area contributed by atoms with Crippen molar-refractivity contribution in [3.63, 3.8) is 0 Å². The van der Waals surface area contributed by atoms with Crippen molar-refractivity contribution < 1.29 is 0 Å². The Kier molecular flexibility index (Phi) is 1.34. The van der Waals surface area contributed by atoms with Gasteiger partial charge in [-0.25, -0.2) is 0 Å². The van der Waals surface area contributed by atoms with Gasteiger partial charge in [-0.05, 0) is 24.2 Å². The van der Waals surface area contributed by atoms with Crippen LogP contribution in [0.25, 0.3) is 0 Å². The lowest BCUT2D eigenvalue weighted by Crippen LogP contribution is -2.26. The Hall–Kier alpha value is -0.300. The molecule has 0 aromatic rings. The Labute approximate surface area is 62.5 Å². The third-order valence-electron chi connectivity index (χ3n) is 3.04. The van der Waals surface area contributed by atoms with Crippen LogP contribution in [0.3, 0.4) is 0 Å². The van der Waals surface area contributed by atoms with Gasteiger partial charge in [0.25, 0.3) is 0 Å². The van der Waals surface area contributed by atoms with E-state index in [0.29, 0.717) is 5.41 Å². The molecule has 2 unspecified atom stereocenters. The Morgan fingerprint density at radius 1 is 1.60 bits per heavy atom. The molecule has 1 heteroatoms. The molecule has 1 fully saturated rings. The smallest absolute Gasteiger partial charge is 0.00201 e. The molecule has 2 atom stereocenters. The molecule has 1 heterocycles. The van der Waals surface area contributed by atoms with Crippen LogP contribution in [0.2, 0.25) is 0 Å². The largest absolute Gasteiger partial charge is 0.316 e. The van der Waals surface area contributed by atoms with Crippen LogP contribution >= 0.6 is 0 Å². The number of hydrogen-bond donors (Lipinski definition) is 1. The van der Waals surface area contributed by atoms with Gasteiger partial charge < -0.3 is 5.32 Å². The zero-order chi connectivity index (χ0) is 7.03. The van der Waals surface area contributed by atoms with Gasteiger partial charge in [-0.3, -0.25) is 0 Å². The molecule has 1 nitrogen and oxygen atoms in total. The second-order valence-electron chi connectivity index (χ2n) is 3.86. The summed E-state index contributed by atoms with van der Waals surface area (Å²) in [5.74, 6) is 0.821. The molecule has 0 amide bonds. The fourth-order valence-corrected chi connectivity index (χ4v) is 2.14. The molecule has 2 rings (SSSR count). The van der Waals surface area contributed by atoms with Gasteiger partial charge in [0, 0.05) is 13.1 Å². The lowest BCUT2D eigenvalue weighted by Gasteiger charge is -2.31. The van der Waals surface area contributed by atoms with E-state index in [2.05, 4.69) is 24.4 Å².